The molecule has 0 saturated heterocycles. The summed E-state index contributed by atoms with van der Waals surface area (Å²) < 4.78 is 33.4. The molecule has 0 atom stereocenters. The Morgan fingerprint density at radius 1 is 1.00 bits per heavy atom. The molecule has 0 aliphatic rings. The van der Waals surface area contributed by atoms with Crippen LogP contribution in [0, 0.1) is 6.92 Å². The van der Waals surface area contributed by atoms with Crippen molar-refractivity contribution in [2.24, 2.45) is 0 Å². The molecule has 0 N–H and O–H groups in total. The molecule has 0 radical (unpaired) electrons. The van der Waals surface area contributed by atoms with Gasteiger partial charge in [0.05, 0.1) is 18.6 Å². The second kappa shape index (κ2) is 9.58. The van der Waals surface area contributed by atoms with Gasteiger partial charge in [-0.1, -0.05) is 37.0 Å². The van der Waals surface area contributed by atoms with Crippen LogP contribution in [0.15, 0.2) is 29.2 Å². The number of esters is 1. The number of methoxy groups -OCH3 is 1. The monoisotopic (exact) mass is 328 g/mol. The lowest BCUT2D eigenvalue weighted by Crippen LogP contribution is -2.07. The second-order valence-corrected chi connectivity index (χ2v) is 6.80. The minimum Gasteiger partial charge on any atom is -0.469 e. The largest absolute Gasteiger partial charge is 0.469 e. The highest BCUT2D eigenvalue weighted by Crippen LogP contribution is 2.14. The molecule has 1 aromatic carbocycles. The van der Waals surface area contributed by atoms with Crippen LogP contribution in [0.25, 0.3) is 0 Å². The first-order valence-corrected chi connectivity index (χ1v) is 8.89. The Morgan fingerprint density at radius 2 is 1.59 bits per heavy atom. The van der Waals surface area contributed by atoms with Crippen LogP contribution in [0.2, 0.25) is 0 Å². The molecule has 1 aromatic rings. The third-order valence-electron chi connectivity index (χ3n) is 3.30. The van der Waals surface area contributed by atoms with Gasteiger partial charge in [0.25, 0.3) is 10.1 Å². The summed E-state index contributed by atoms with van der Waals surface area (Å²) in [5, 5.41) is 0. The highest BCUT2D eigenvalue weighted by molar-refractivity contribution is 7.86. The molecule has 0 bridgehead atoms. The fourth-order valence-corrected chi connectivity index (χ4v) is 2.89. The molecule has 0 aromatic heterocycles. The van der Waals surface area contributed by atoms with E-state index >= 15 is 0 Å². The number of ether oxygens (including phenoxy) is 1. The summed E-state index contributed by atoms with van der Waals surface area (Å²) in [5.41, 5.74) is 1.01. The maximum Gasteiger partial charge on any atom is 0.305 e. The summed E-state index contributed by atoms with van der Waals surface area (Å²) in [6.07, 6.45) is 4.68. The van der Waals surface area contributed by atoms with Gasteiger partial charge in [0.15, 0.2) is 0 Å². The lowest BCUT2D eigenvalue weighted by molar-refractivity contribution is -0.140. The van der Waals surface area contributed by atoms with E-state index in [1.807, 2.05) is 6.92 Å². The van der Waals surface area contributed by atoms with Gasteiger partial charge in [-0.05, 0) is 31.9 Å². The van der Waals surface area contributed by atoms with Crippen molar-refractivity contribution < 1.29 is 22.1 Å². The van der Waals surface area contributed by atoms with Gasteiger partial charge in [-0.15, -0.1) is 0 Å². The number of carbonyl (C=O) groups is 1. The molecule has 22 heavy (non-hydrogen) atoms. The predicted octanol–water partition coefficient (Wildman–Crippen LogP) is 3.21. The summed E-state index contributed by atoms with van der Waals surface area (Å²) in [6, 6.07) is 6.60. The van der Waals surface area contributed by atoms with Crippen molar-refractivity contribution in [2.75, 3.05) is 13.7 Å². The Morgan fingerprint density at radius 3 is 2.23 bits per heavy atom. The van der Waals surface area contributed by atoms with E-state index in [9.17, 15) is 13.2 Å². The first-order valence-electron chi connectivity index (χ1n) is 7.48. The summed E-state index contributed by atoms with van der Waals surface area (Å²) in [4.78, 5) is 11.1. The van der Waals surface area contributed by atoms with Gasteiger partial charge >= 0.3 is 5.97 Å². The number of hydrogen-bond acceptors (Lipinski definition) is 5. The van der Waals surface area contributed by atoms with E-state index in [2.05, 4.69) is 4.74 Å². The molecule has 5 nitrogen and oxygen atoms in total. The van der Waals surface area contributed by atoms with Crippen LogP contribution in [0.1, 0.15) is 44.1 Å². The molecule has 6 heteroatoms. The van der Waals surface area contributed by atoms with E-state index in [0.29, 0.717) is 12.8 Å². The van der Waals surface area contributed by atoms with Crippen LogP contribution in [0.4, 0.5) is 0 Å². The standard InChI is InChI=1S/C16H24O5S/c1-14-9-11-15(12-10-14)22(18,19)21-13-7-5-3-4-6-8-16(17)20-2/h9-12H,3-8,13H2,1-2H3. The van der Waals surface area contributed by atoms with Gasteiger partial charge < -0.3 is 4.74 Å². The van der Waals surface area contributed by atoms with Crippen LogP contribution in [0.5, 0.6) is 0 Å². The van der Waals surface area contributed by atoms with E-state index in [-0.39, 0.29) is 17.5 Å². The molecule has 0 saturated carbocycles. The Hall–Kier alpha value is -1.40. The Kier molecular flexibility index (Phi) is 8.12. The van der Waals surface area contributed by atoms with E-state index in [1.54, 1.807) is 24.3 Å². The number of rotatable bonds is 10. The first-order chi connectivity index (χ1) is 10.5. The van der Waals surface area contributed by atoms with Crippen molar-refractivity contribution in [3.8, 4) is 0 Å². The molecule has 0 amide bonds. The highest BCUT2D eigenvalue weighted by Gasteiger charge is 2.14. The lowest BCUT2D eigenvalue weighted by atomic mass is 10.1. The third-order valence-corrected chi connectivity index (χ3v) is 4.63. The molecule has 0 aliphatic heterocycles. The van der Waals surface area contributed by atoms with Gasteiger partial charge in [-0.25, -0.2) is 0 Å². The Bertz CT molecular complexity index is 548. The van der Waals surface area contributed by atoms with Crippen molar-refractivity contribution in [3.63, 3.8) is 0 Å². The zero-order chi connectivity index (χ0) is 16.4. The van der Waals surface area contributed by atoms with Crippen LogP contribution >= 0.6 is 0 Å². The number of benzene rings is 1. The number of aryl methyl sites for hydroxylation is 1. The van der Waals surface area contributed by atoms with Crippen molar-refractivity contribution >= 4 is 16.1 Å². The maximum atomic E-state index is 11.9. The van der Waals surface area contributed by atoms with E-state index in [4.69, 9.17) is 4.18 Å². The highest BCUT2D eigenvalue weighted by atomic mass is 32.2. The SMILES string of the molecule is COC(=O)CCCCCCCOS(=O)(=O)c1ccc(C)cc1. The fourth-order valence-electron chi connectivity index (χ4n) is 1.95. The average Bonchev–Trinajstić information content (AvgIpc) is 2.50. The van der Waals surface area contributed by atoms with Crippen LogP contribution in [0.3, 0.4) is 0 Å². The Labute approximate surface area is 132 Å². The van der Waals surface area contributed by atoms with Gasteiger partial charge in [-0.3, -0.25) is 8.98 Å². The van der Waals surface area contributed by atoms with Crippen LogP contribution in [-0.2, 0) is 23.8 Å². The summed E-state index contributed by atoms with van der Waals surface area (Å²) in [6.45, 7) is 2.09. The van der Waals surface area contributed by atoms with Gasteiger partial charge in [0, 0.05) is 6.42 Å². The number of carbonyl (C=O) groups excluding carboxylic acids is 1. The molecule has 0 fully saturated rings. The van der Waals surface area contributed by atoms with E-state index < -0.39 is 10.1 Å². The molecule has 0 heterocycles. The zero-order valence-corrected chi connectivity index (χ0v) is 14.0. The van der Waals surface area contributed by atoms with Crippen LogP contribution in [-0.4, -0.2) is 28.1 Å². The van der Waals surface area contributed by atoms with Crippen molar-refractivity contribution in [1.29, 1.82) is 0 Å². The van der Waals surface area contributed by atoms with E-state index in [1.165, 1.54) is 7.11 Å². The second-order valence-electron chi connectivity index (χ2n) is 5.18. The minimum absolute atomic E-state index is 0.187. The normalized spacial score (nSPS) is 11.4. The summed E-state index contributed by atoms with van der Waals surface area (Å²) >= 11 is 0. The quantitative estimate of drug-likeness (QED) is 0.375. The van der Waals surface area contributed by atoms with Crippen molar-refractivity contribution in [2.45, 2.75) is 50.3 Å². The molecular weight excluding hydrogens is 304 g/mol. The zero-order valence-electron chi connectivity index (χ0n) is 13.2. The minimum atomic E-state index is -3.65. The first kappa shape index (κ1) is 18.6. The molecule has 0 spiro atoms. The molecule has 124 valence electrons. The lowest BCUT2D eigenvalue weighted by Gasteiger charge is -2.06. The fraction of sp³-hybridized carbons (Fsp3) is 0.562. The summed E-state index contributed by atoms with van der Waals surface area (Å²) in [5.74, 6) is -0.187. The number of unbranched alkanes of at least 4 members (excludes halogenated alkanes) is 4. The summed E-state index contributed by atoms with van der Waals surface area (Å²) in [7, 11) is -2.27. The van der Waals surface area contributed by atoms with Crippen LogP contribution < -0.4 is 0 Å². The molecular formula is C16H24O5S. The van der Waals surface area contributed by atoms with Gasteiger partial charge in [-0.2, -0.15) is 8.42 Å². The third kappa shape index (κ3) is 7.04. The van der Waals surface area contributed by atoms with Gasteiger partial charge in [0.1, 0.15) is 0 Å². The topological polar surface area (TPSA) is 69.7 Å². The van der Waals surface area contributed by atoms with Crippen molar-refractivity contribution in [1.82, 2.24) is 0 Å². The molecule has 0 aliphatic carbocycles. The van der Waals surface area contributed by atoms with Gasteiger partial charge in [0.2, 0.25) is 0 Å². The molecule has 0 unspecified atom stereocenters. The predicted molar refractivity (Wildman–Crippen MR) is 84.0 cm³/mol. The number of hydrogen-bond donors (Lipinski definition) is 0. The smallest absolute Gasteiger partial charge is 0.305 e. The van der Waals surface area contributed by atoms with E-state index in [0.717, 1.165) is 31.2 Å². The van der Waals surface area contributed by atoms with Crippen molar-refractivity contribution in [3.05, 3.63) is 29.8 Å². The maximum absolute atomic E-state index is 11.9. The Balaban J connectivity index is 2.16. The average molecular weight is 328 g/mol. The molecule has 1 rings (SSSR count).